The fourth-order valence-electron chi connectivity index (χ4n) is 2.54. The van der Waals surface area contributed by atoms with Crippen molar-refractivity contribution in [2.45, 2.75) is 26.8 Å². The maximum Gasteiger partial charge on any atom is 0.119 e. The number of hydrogen-bond donors (Lipinski definition) is 1. The summed E-state index contributed by atoms with van der Waals surface area (Å²) < 4.78 is 5.85. The molecule has 0 aliphatic carbocycles. The second-order valence-electron chi connectivity index (χ2n) is 5.47. The molecule has 1 aliphatic rings. The summed E-state index contributed by atoms with van der Waals surface area (Å²) in [5.41, 5.74) is 1.29. The summed E-state index contributed by atoms with van der Waals surface area (Å²) in [5.74, 6) is 1.84. The Bertz CT molecular complexity index is 381. The van der Waals surface area contributed by atoms with Gasteiger partial charge in [0, 0.05) is 19.6 Å². The van der Waals surface area contributed by atoms with E-state index >= 15 is 0 Å². The molecule has 106 valence electrons. The van der Waals surface area contributed by atoms with Crippen LogP contribution in [0.5, 0.6) is 5.75 Å². The van der Waals surface area contributed by atoms with Crippen molar-refractivity contribution in [3.63, 3.8) is 0 Å². The largest absolute Gasteiger partial charge is 0.492 e. The van der Waals surface area contributed by atoms with Crippen LogP contribution in [0.4, 0.5) is 0 Å². The third-order valence-electron chi connectivity index (χ3n) is 3.66. The minimum absolute atomic E-state index is 0.789. The van der Waals surface area contributed by atoms with Crippen molar-refractivity contribution in [2.24, 2.45) is 5.92 Å². The van der Waals surface area contributed by atoms with E-state index in [9.17, 15) is 0 Å². The van der Waals surface area contributed by atoms with Gasteiger partial charge in [-0.1, -0.05) is 26.0 Å². The fraction of sp³-hybridized carbons (Fsp3) is 0.625. The highest BCUT2D eigenvalue weighted by molar-refractivity contribution is 5.28. The first-order valence-corrected chi connectivity index (χ1v) is 7.42. The highest BCUT2D eigenvalue weighted by atomic mass is 16.5. The van der Waals surface area contributed by atoms with Gasteiger partial charge in [0.1, 0.15) is 12.4 Å². The van der Waals surface area contributed by atoms with Gasteiger partial charge in [0.2, 0.25) is 0 Å². The van der Waals surface area contributed by atoms with E-state index in [1.165, 1.54) is 25.1 Å². The second kappa shape index (κ2) is 7.51. The first-order valence-electron chi connectivity index (χ1n) is 7.42. The lowest BCUT2D eigenvalue weighted by Crippen LogP contribution is -2.25. The van der Waals surface area contributed by atoms with Gasteiger partial charge in [-0.2, -0.15) is 0 Å². The molecule has 3 heteroatoms. The van der Waals surface area contributed by atoms with Crippen molar-refractivity contribution in [3.8, 4) is 5.75 Å². The molecule has 2 rings (SSSR count). The van der Waals surface area contributed by atoms with Gasteiger partial charge in [-0.3, -0.25) is 4.90 Å². The molecule has 3 nitrogen and oxygen atoms in total. The van der Waals surface area contributed by atoms with Gasteiger partial charge in [0.25, 0.3) is 0 Å². The van der Waals surface area contributed by atoms with Gasteiger partial charge in [0.05, 0.1) is 0 Å². The molecular weight excluding hydrogens is 236 g/mol. The first-order chi connectivity index (χ1) is 9.28. The Hall–Kier alpha value is -1.06. The highest BCUT2D eigenvalue weighted by Gasteiger charge is 2.17. The number of nitrogens with one attached hydrogen (secondary N) is 1. The van der Waals surface area contributed by atoms with E-state index in [1.54, 1.807) is 0 Å². The van der Waals surface area contributed by atoms with E-state index in [1.807, 2.05) is 6.07 Å². The number of hydrogen-bond acceptors (Lipinski definition) is 3. The molecule has 1 N–H and O–H groups in total. The summed E-state index contributed by atoms with van der Waals surface area (Å²) in [5, 5.41) is 3.33. The van der Waals surface area contributed by atoms with E-state index < -0.39 is 0 Å². The predicted octanol–water partition coefficient (Wildman–Crippen LogP) is 2.52. The lowest BCUT2D eigenvalue weighted by Gasteiger charge is -2.15. The van der Waals surface area contributed by atoms with Crippen LogP contribution in [0.1, 0.15) is 25.8 Å². The molecule has 1 aliphatic heterocycles. The standard InChI is InChI=1S/C16H26N2O/c1-3-17-12-15-5-4-6-16(11-15)19-10-9-18-8-7-14(2)13-18/h4-6,11,14,17H,3,7-10,12-13H2,1-2H3. The van der Waals surface area contributed by atoms with E-state index in [2.05, 4.69) is 42.3 Å². The molecule has 1 heterocycles. The lowest BCUT2D eigenvalue weighted by atomic mass is 10.2. The summed E-state index contributed by atoms with van der Waals surface area (Å²) in [6.07, 6.45) is 1.33. The van der Waals surface area contributed by atoms with E-state index in [4.69, 9.17) is 4.74 Å². The number of rotatable bonds is 7. The Morgan fingerprint density at radius 2 is 2.32 bits per heavy atom. The van der Waals surface area contributed by atoms with Crippen molar-refractivity contribution < 1.29 is 4.74 Å². The molecule has 0 bridgehead atoms. The molecule has 1 saturated heterocycles. The number of benzene rings is 1. The predicted molar refractivity (Wildman–Crippen MR) is 79.5 cm³/mol. The zero-order chi connectivity index (χ0) is 13.5. The van der Waals surface area contributed by atoms with Crippen molar-refractivity contribution in [1.29, 1.82) is 0 Å². The van der Waals surface area contributed by atoms with Gasteiger partial charge in [-0.25, -0.2) is 0 Å². The van der Waals surface area contributed by atoms with Crippen LogP contribution in [0.3, 0.4) is 0 Å². The SMILES string of the molecule is CCNCc1cccc(OCCN2CCC(C)C2)c1. The highest BCUT2D eigenvalue weighted by Crippen LogP contribution is 2.16. The molecule has 0 radical (unpaired) electrons. The summed E-state index contributed by atoms with van der Waals surface area (Å²) in [7, 11) is 0. The molecule has 1 atom stereocenters. The average molecular weight is 262 g/mol. The average Bonchev–Trinajstić information content (AvgIpc) is 2.83. The van der Waals surface area contributed by atoms with E-state index in [0.29, 0.717) is 0 Å². The topological polar surface area (TPSA) is 24.5 Å². The van der Waals surface area contributed by atoms with Crippen LogP contribution in [0.15, 0.2) is 24.3 Å². The summed E-state index contributed by atoms with van der Waals surface area (Å²) >= 11 is 0. The van der Waals surface area contributed by atoms with Crippen LogP contribution in [-0.4, -0.2) is 37.7 Å². The molecule has 1 unspecified atom stereocenters. The number of ether oxygens (including phenoxy) is 1. The Morgan fingerprint density at radius 3 is 3.05 bits per heavy atom. The van der Waals surface area contributed by atoms with Crippen LogP contribution in [0, 0.1) is 5.92 Å². The third-order valence-corrected chi connectivity index (χ3v) is 3.66. The van der Waals surface area contributed by atoms with Gasteiger partial charge in [-0.15, -0.1) is 0 Å². The van der Waals surface area contributed by atoms with Crippen LogP contribution in [0.2, 0.25) is 0 Å². The third kappa shape index (κ3) is 4.84. The zero-order valence-electron chi connectivity index (χ0n) is 12.2. The molecule has 0 aromatic heterocycles. The van der Waals surface area contributed by atoms with Crippen molar-refractivity contribution in [3.05, 3.63) is 29.8 Å². The van der Waals surface area contributed by atoms with Crippen LogP contribution >= 0.6 is 0 Å². The fourth-order valence-corrected chi connectivity index (χ4v) is 2.54. The second-order valence-corrected chi connectivity index (χ2v) is 5.47. The molecular formula is C16H26N2O. The maximum atomic E-state index is 5.85. The lowest BCUT2D eigenvalue weighted by molar-refractivity contribution is 0.234. The molecule has 1 aromatic carbocycles. The van der Waals surface area contributed by atoms with Gasteiger partial charge in [-0.05, 0) is 43.1 Å². The van der Waals surface area contributed by atoms with Crippen molar-refractivity contribution in [1.82, 2.24) is 10.2 Å². The van der Waals surface area contributed by atoms with Gasteiger partial charge < -0.3 is 10.1 Å². The Labute approximate surface area is 116 Å². The van der Waals surface area contributed by atoms with Gasteiger partial charge >= 0.3 is 0 Å². The monoisotopic (exact) mass is 262 g/mol. The molecule has 1 fully saturated rings. The Balaban J connectivity index is 1.73. The van der Waals surface area contributed by atoms with E-state index in [0.717, 1.165) is 37.9 Å². The zero-order valence-corrected chi connectivity index (χ0v) is 12.2. The van der Waals surface area contributed by atoms with Crippen molar-refractivity contribution >= 4 is 0 Å². The van der Waals surface area contributed by atoms with Gasteiger partial charge in [0.15, 0.2) is 0 Å². The summed E-state index contributed by atoms with van der Waals surface area (Å²) in [6, 6.07) is 8.38. The molecule has 0 amide bonds. The van der Waals surface area contributed by atoms with Crippen molar-refractivity contribution in [2.75, 3.05) is 32.8 Å². The minimum Gasteiger partial charge on any atom is -0.492 e. The maximum absolute atomic E-state index is 5.85. The molecule has 1 aromatic rings. The Kier molecular flexibility index (Phi) is 5.67. The van der Waals surface area contributed by atoms with Crippen LogP contribution < -0.4 is 10.1 Å². The van der Waals surface area contributed by atoms with Crippen LogP contribution in [0.25, 0.3) is 0 Å². The van der Waals surface area contributed by atoms with Crippen LogP contribution in [-0.2, 0) is 6.54 Å². The summed E-state index contributed by atoms with van der Waals surface area (Å²) in [6.45, 7) is 10.6. The molecule has 0 saturated carbocycles. The normalized spacial score (nSPS) is 19.8. The Morgan fingerprint density at radius 1 is 1.42 bits per heavy atom. The summed E-state index contributed by atoms with van der Waals surface area (Å²) in [4.78, 5) is 2.49. The smallest absolute Gasteiger partial charge is 0.119 e. The minimum atomic E-state index is 0.789. The number of nitrogens with zero attached hydrogens (tertiary/aromatic N) is 1. The quantitative estimate of drug-likeness (QED) is 0.817. The molecule has 0 spiro atoms. The first kappa shape index (κ1) is 14.4. The number of likely N-dealkylation sites (tertiary alicyclic amines) is 1. The van der Waals surface area contributed by atoms with E-state index in [-0.39, 0.29) is 0 Å². The molecule has 19 heavy (non-hydrogen) atoms.